The zero-order chi connectivity index (χ0) is 20.3. The predicted octanol–water partition coefficient (Wildman–Crippen LogP) is 2.47. The number of nitrogens with zero attached hydrogens (tertiary/aromatic N) is 3. The molecular formula is C21H24N4O3. The molecule has 0 spiro atoms. The van der Waals surface area contributed by atoms with Gasteiger partial charge in [0.2, 0.25) is 5.91 Å². The van der Waals surface area contributed by atoms with Crippen molar-refractivity contribution in [3.05, 3.63) is 59.2 Å². The SMILES string of the molecule is CC(C)(C)c1ncncc1CNC(=O)CCCN1C(=O)c2ccccc2C1=O. The van der Waals surface area contributed by atoms with Crippen molar-refractivity contribution in [2.24, 2.45) is 0 Å². The number of carbonyl (C=O) groups is 3. The number of fused-ring (bicyclic) bond motifs is 1. The van der Waals surface area contributed by atoms with Crippen LogP contribution in [0.3, 0.4) is 0 Å². The van der Waals surface area contributed by atoms with E-state index in [-0.39, 0.29) is 36.1 Å². The monoisotopic (exact) mass is 380 g/mol. The third-order valence-electron chi connectivity index (χ3n) is 4.64. The molecule has 1 aromatic heterocycles. The molecule has 2 heterocycles. The zero-order valence-electron chi connectivity index (χ0n) is 16.4. The van der Waals surface area contributed by atoms with Gasteiger partial charge in [-0.1, -0.05) is 32.9 Å². The first-order valence-electron chi connectivity index (χ1n) is 9.30. The minimum Gasteiger partial charge on any atom is -0.352 e. The summed E-state index contributed by atoms with van der Waals surface area (Å²) in [6.45, 7) is 6.74. The van der Waals surface area contributed by atoms with E-state index < -0.39 is 0 Å². The van der Waals surface area contributed by atoms with Crippen molar-refractivity contribution in [2.75, 3.05) is 6.54 Å². The van der Waals surface area contributed by atoms with Crippen LogP contribution in [-0.2, 0) is 16.8 Å². The van der Waals surface area contributed by atoms with E-state index in [2.05, 4.69) is 36.1 Å². The molecule has 0 bridgehead atoms. The first kappa shape index (κ1) is 19.7. The van der Waals surface area contributed by atoms with Gasteiger partial charge < -0.3 is 5.32 Å². The molecule has 7 nitrogen and oxygen atoms in total. The molecule has 0 aliphatic carbocycles. The zero-order valence-corrected chi connectivity index (χ0v) is 16.4. The van der Waals surface area contributed by atoms with E-state index in [1.54, 1.807) is 30.5 Å². The average Bonchev–Trinajstić information content (AvgIpc) is 2.91. The summed E-state index contributed by atoms with van der Waals surface area (Å²) in [7, 11) is 0. The Morgan fingerprint density at radius 3 is 2.36 bits per heavy atom. The van der Waals surface area contributed by atoms with E-state index in [9.17, 15) is 14.4 Å². The van der Waals surface area contributed by atoms with Crippen LogP contribution in [0, 0.1) is 0 Å². The third-order valence-corrected chi connectivity index (χ3v) is 4.64. The summed E-state index contributed by atoms with van der Waals surface area (Å²) in [6.07, 6.45) is 3.86. The van der Waals surface area contributed by atoms with Crippen LogP contribution < -0.4 is 5.32 Å². The summed E-state index contributed by atoms with van der Waals surface area (Å²) < 4.78 is 0. The van der Waals surface area contributed by atoms with Gasteiger partial charge in [-0.3, -0.25) is 19.3 Å². The maximum Gasteiger partial charge on any atom is 0.261 e. The fourth-order valence-electron chi connectivity index (χ4n) is 3.29. The second-order valence-corrected chi connectivity index (χ2v) is 7.83. The Kier molecular flexibility index (Phi) is 5.53. The van der Waals surface area contributed by atoms with Gasteiger partial charge in [-0.25, -0.2) is 9.97 Å². The van der Waals surface area contributed by atoms with E-state index in [4.69, 9.17) is 0 Å². The number of hydrogen-bond donors (Lipinski definition) is 1. The molecule has 0 radical (unpaired) electrons. The maximum absolute atomic E-state index is 12.3. The Labute approximate surface area is 164 Å². The first-order chi connectivity index (χ1) is 13.3. The lowest BCUT2D eigenvalue weighted by molar-refractivity contribution is -0.121. The molecular weight excluding hydrogens is 356 g/mol. The summed E-state index contributed by atoms with van der Waals surface area (Å²) in [5, 5.41) is 2.87. The minimum absolute atomic E-state index is 0.139. The van der Waals surface area contributed by atoms with E-state index in [1.165, 1.54) is 11.2 Å². The quantitative estimate of drug-likeness (QED) is 0.777. The normalized spacial score (nSPS) is 13.6. The van der Waals surface area contributed by atoms with Gasteiger partial charge in [-0.05, 0) is 18.6 Å². The van der Waals surface area contributed by atoms with Crippen LogP contribution in [0.25, 0.3) is 0 Å². The molecule has 1 aliphatic heterocycles. The molecule has 3 amide bonds. The van der Waals surface area contributed by atoms with Crippen molar-refractivity contribution in [2.45, 2.75) is 45.6 Å². The molecule has 0 atom stereocenters. The summed E-state index contributed by atoms with van der Waals surface area (Å²) in [5.41, 5.74) is 2.48. The lowest BCUT2D eigenvalue weighted by atomic mass is 9.89. The molecule has 28 heavy (non-hydrogen) atoms. The van der Waals surface area contributed by atoms with Crippen LogP contribution >= 0.6 is 0 Å². The van der Waals surface area contributed by atoms with Crippen molar-refractivity contribution in [1.82, 2.24) is 20.2 Å². The topological polar surface area (TPSA) is 92.3 Å². The first-order valence-corrected chi connectivity index (χ1v) is 9.30. The predicted molar refractivity (Wildman–Crippen MR) is 104 cm³/mol. The van der Waals surface area contributed by atoms with Crippen LogP contribution in [0.4, 0.5) is 0 Å². The molecule has 1 N–H and O–H groups in total. The Bertz CT molecular complexity index is 883. The number of aromatic nitrogens is 2. The van der Waals surface area contributed by atoms with Gasteiger partial charge in [0.1, 0.15) is 6.33 Å². The molecule has 0 fully saturated rings. The van der Waals surface area contributed by atoms with Crippen LogP contribution in [0.15, 0.2) is 36.8 Å². The summed E-state index contributed by atoms with van der Waals surface area (Å²) in [5.74, 6) is -0.727. The number of carbonyl (C=O) groups excluding carboxylic acids is 3. The number of benzene rings is 1. The summed E-state index contributed by atoms with van der Waals surface area (Å²) >= 11 is 0. The highest BCUT2D eigenvalue weighted by Gasteiger charge is 2.34. The van der Waals surface area contributed by atoms with Crippen molar-refractivity contribution in [3.8, 4) is 0 Å². The Morgan fingerprint density at radius 1 is 1.11 bits per heavy atom. The lowest BCUT2D eigenvalue weighted by Gasteiger charge is -2.21. The number of imide groups is 1. The van der Waals surface area contributed by atoms with Crippen LogP contribution in [0.1, 0.15) is 65.6 Å². The fraction of sp³-hybridized carbons (Fsp3) is 0.381. The van der Waals surface area contributed by atoms with E-state index in [0.29, 0.717) is 24.1 Å². The van der Waals surface area contributed by atoms with Gasteiger partial charge in [0.25, 0.3) is 11.8 Å². The molecule has 7 heteroatoms. The Balaban J connectivity index is 1.50. The van der Waals surface area contributed by atoms with E-state index in [0.717, 1.165) is 11.3 Å². The highest BCUT2D eigenvalue weighted by atomic mass is 16.2. The molecule has 0 saturated carbocycles. The number of rotatable bonds is 6. The van der Waals surface area contributed by atoms with Crippen LogP contribution in [0.5, 0.6) is 0 Å². The number of hydrogen-bond acceptors (Lipinski definition) is 5. The van der Waals surface area contributed by atoms with Gasteiger partial charge in [-0.2, -0.15) is 0 Å². The van der Waals surface area contributed by atoms with Crippen molar-refractivity contribution >= 4 is 17.7 Å². The van der Waals surface area contributed by atoms with E-state index >= 15 is 0 Å². The summed E-state index contributed by atoms with van der Waals surface area (Å²) in [6, 6.07) is 6.77. The average molecular weight is 380 g/mol. The lowest BCUT2D eigenvalue weighted by Crippen LogP contribution is -2.32. The second-order valence-electron chi connectivity index (χ2n) is 7.83. The Hall–Kier alpha value is -3.09. The number of nitrogens with one attached hydrogen (secondary N) is 1. The fourth-order valence-corrected chi connectivity index (χ4v) is 3.29. The number of amides is 3. The minimum atomic E-state index is -0.294. The van der Waals surface area contributed by atoms with Crippen LogP contribution in [0.2, 0.25) is 0 Å². The van der Waals surface area contributed by atoms with Gasteiger partial charge in [0, 0.05) is 36.7 Å². The van der Waals surface area contributed by atoms with Gasteiger partial charge in [0.05, 0.1) is 16.8 Å². The highest BCUT2D eigenvalue weighted by molar-refractivity contribution is 6.21. The van der Waals surface area contributed by atoms with Gasteiger partial charge in [-0.15, -0.1) is 0 Å². The molecule has 3 rings (SSSR count). The van der Waals surface area contributed by atoms with E-state index in [1.807, 2.05) is 0 Å². The Morgan fingerprint density at radius 2 is 1.75 bits per heavy atom. The van der Waals surface area contributed by atoms with Crippen molar-refractivity contribution < 1.29 is 14.4 Å². The van der Waals surface area contributed by atoms with Crippen molar-refractivity contribution in [1.29, 1.82) is 0 Å². The largest absolute Gasteiger partial charge is 0.352 e. The molecule has 146 valence electrons. The molecule has 0 unspecified atom stereocenters. The summed E-state index contributed by atoms with van der Waals surface area (Å²) in [4.78, 5) is 46.4. The van der Waals surface area contributed by atoms with Gasteiger partial charge in [0.15, 0.2) is 0 Å². The molecule has 1 aliphatic rings. The van der Waals surface area contributed by atoms with Gasteiger partial charge >= 0.3 is 0 Å². The molecule has 2 aromatic rings. The standard InChI is InChI=1S/C21H24N4O3/c1-21(2,3)18-14(11-22-13-24-18)12-23-17(26)9-6-10-25-19(27)15-7-4-5-8-16(15)20(25)28/h4-5,7-8,11,13H,6,9-10,12H2,1-3H3,(H,23,26). The smallest absolute Gasteiger partial charge is 0.261 e. The maximum atomic E-state index is 12.3. The molecule has 1 aromatic carbocycles. The van der Waals surface area contributed by atoms with Crippen LogP contribution in [-0.4, -0.2) is 39.1 Å². The third kappa shape index (κ3) is 4.08. The highest BCUT2D eigenvalue weighted by Crippen LogP contribution is 2.23. The second kappa shape index (κ2) is 7.88. The molecule has 0 saturated heterocycles. The van der Waals surface area contributed by atoms with Crippen molar-refractivity contribution in [3.63, 3.8) is 0 Å².